The van der Waals surface area contributed by atoms with Crippen molar-refractivity contribution in [2.24, 2.45) is 0 Å². The van der Waals surface area contributed by atoms with Crippen LogP contribution in [0, 0.1) is 0 Å². The number of hydrogen-bond acceptors (Lipinski definition) is 5. The van der Waals surface area contributed by atoms with Crippen LogP contribution in [0.15, 0.2) is 24.3 Å². The summed E-state index contributed by atoms with van der Waals surface area (Å²) in [6.45, 7) is -0.376. The molecule has 19 heavy (non-hydrogen) atoms. The summed E-state index contributed by atoms with van der Waals surface area (Å²) in [7, 11) is 0. The number of aliphatic hydroxyl groups excluding tert-OH is 3. The fourth-order valence-electron chi connectivity index (χ4n) is 2.35. The highest BCUT2D eigenvalue weighted by molar-refractivity contribution is 6.29. The summed E-state index contributed by atoms with van der Waals surface area (Å²) in [5.41, 5.74) is 1.37. The Kier molecular flexibility index (Phi) is 3.20. The van der Waals surface area contributed by atoms with Gasteiger partial charge in [-0.15, -0.1) is 0 Å². The molecule has 3 rings (SSSR count). The number of aromatic nitrogens is 2. The number of halogens is 1. The third-order valence-electron chi connectivity index (χ3n) is 3.32. The predicted molar refractivity (Wildman–Crippen MR) is 67.8 cm³/mol. The molecular formula is C12H13ClN2O4. The summed E-state index contributed by atoms with van der Waals surface area (Å²) in [5.74, 6) is 0. The first-order valence-electron chi connectivity index (χ1n) is 5.88. The van der Waals surface area contributed by atoms with Gasteiger partial charge < -0.3 is 20.1 Å². The molecule has 1 fully saturated rings. The molecule has 102 valence electrons. The minimum absolute atomic E-state index is 0.163. The molecule has 1 aromatic heterocycles. The van der Waals surface area contributed by atoms with Gasteiger partial charge in [-0.25, -0.2) is 4.98 Å². The monoisotopic (exact) mass is 284 g/mol. The summed E-state index contributed by atoms with van der Waals surface area (Å²) in [4.78, 5) is 4.16. The molecule has 1 saturated heterocycles. The number of hydrogen-bond donors (Lipinski definition) is 3. The lowest BCUT2D eigenvalue weighted by Crippen LogP contribution is -2.33. The van der Waals surface area contributed by atoms with Crippen molar-refractivity contribution < 1.29 is 20.1 Å². The van der Waals surface area contributed by atoms with E-state index in [1.807, 2.05) is 12.1 Å². The third-order valence-corrected chi connectivity index (χ3v) is 3.59. The number of fused-ring (bicyclic) bond motifs is 1. The van der Waals surface area contributed by atoms with Crippen molar-refractivity contribution in [2.75, 3.05) is 6.61 Å². The molecule has 7 heteroatoms. The Labute approximate surface area is 113 Å². The van der Waals surface area contributed by atoms with E-state index in [4.69, 9.17) is 21.4 Å². The van der Waals surface area contributed by atoms with Gasteiger partial charge in [0, 0.05) is 0 Å². The van der Waals surface area contributed by atoms with Crippen LogP contribution in [0.1, 0.15) is 6.23 Å². The number of rotatable bonds is 2. The summed E-state index contributed by atoms with van der Waals surface area (Å²) in [5, 5.41) is 29.1. The number of imidazole rings is 1. The van der Waals surface area contributed by atoms with Crippen molar-refractivity contribution in [1.82, 2.24) is 9.55 Å². The molecule has 2 heterocycles. The van der Waals surface area contributed by atoms with E-state index >= 15 is 0 Å². The highest BCUT2D eigenvalue weighted by Crippen LogP contribution is 2.34. The standard InChI is InChI=1S/C12H13ClN2O4/c13-12-14-6-3-1-2-4-7(6)15(12)11-10(18)9(17)8(5-16)19-11/h1-4,8-11,16-18H,5H2. The summed E-state index contributed by atoms with van der Waals surface area (Å²) in [6.07, 6.45) is -4.04. The van der Waals surface area contributed by atoms with E-state index in [1.165, 1.54) is 4.57 Å². The van der Waals surface area contributed by atoms with Crippen molar-refractivity contribution in [3.05, 3.63) is 29.5 Å². The maximum Gasteiger partial charge on any atom is 0.205 e. The third kappa shape index (κ3) is 1.92. The highest BCUT2D eigenvalue weighted by atomic mass is 35.5. The van der Waals surface area contributed by atoms with Crippen molar-refractivity contribution in [3.8, 4) is 0 Å². The summed E-state index contributed by atoms with van der Waals surface area (Å²) in [6, 6.07) is 7.23. The number of nitrogens with zero attached hydrogens (tertiary/aromatic N) is 2. The van der Waals surface area contributed by atoms with Gasteiger partial charge in [-0.05, 0) is 23.7 Å². The normalized spacial score (nSPS) is 31.2. The molecule has 3 N–H and O–H groups in total. The van der Waals surface area contributed by atoms with Crippen LogP contribution in [0.25, 0.3) is 11.0 Å². The molecule has 6 nitrogen and oxygen atoms in total. The molecule has 0 radical (unpaired) electrons. The maximum absolute atomic E-state index is 10.0. The largest absolute Gasteiger partial charge is 0.394 e. The zero-order valence-electron chi connectivity index (χ0n) is 9.85. The Bertz CT molecular complexity index is 602. The number of para-hydroxylation sites is 2. The minimum atomic E-state index is -1.17. The van der Waals surface area contributed by atoms with Gasteiger partial charge in [0.1, 0.15) is 18.3 Å². The van der Waals surface area contributed by atoms with E-state index in [2.05, 4.69) is 4.98 Å². The smallest absolute Gasteiger partial charge is 0.205 e. The molecule has 0 spiro atoms. The van der Waals surface area contributed by atoms with E-state index < -0.39 is 24.5 Å². The molecule has 4 atom stereocenters. The van der Waals surface area contributed by atoms with Crippen LogP contribution in [0.4, 0.5) is 0 Å². The van der Waals surface area contributed by atoms with Crippen molar-refractivity contribution in [1.29, 1.82) is 0 Å². The Morgan fingerprint density at radius 1 is 1.26 bits per heavy atom. The Morgan fingerprint density at radius 3 is 2.68 bits per heavy atom. The molecule has 1 aliphatic heterocycles. The first-order valence-corrected chi connectivity index (χ1v) is 6.26. The molecule has 0 saturated carbocycles. The van der Waals surface area contributed by atoms with Gasteiger partial charge in [0.05, 0.1) is 17.6 Å². The SMILES string of the molecule is OCC1OC(n2c(Cl)nc3ccccc32)C(O)C1O. The van der Waals surface area contributed by atoms with Crippen LogP contribution >= 0.6 is 11.6 Å². The molecular weight excluding hydrogens is 272 g/mol. The zero-order chi connectivity index (χ0) is 13.6. The van der Waals surface area contributed by atoms with Crippen LogP contribution in [-0.2, 0) is 4.74 Å². The lowest BCUT2D eigenvalue weighted by Gasteiger charge is -2.18. The first-order chi connectivity index (χ1) is 9.13. The van der Waals surface area contributed by atoms with Gasteiger partial charge in [0.15, 0.2) is 6.23 Å². The van der Waals surface area contributed by atoms with Crippen molar-refractivity contribution in [3.63, 3.8) is 0 Å². The van der Waals surface area contributed by atoms with Gasteiger partial charge in [-0.3, -0.25) is 4.57 Å². The van der Waals surface area contributed by atoms with Crippen LogP contribution in [0.5, 0.6) is 0 Å². The fourth-order valence-corrected chi connectivity index (χ4v) is 2.63. The summed E-state index contributed by atoms with van der Waals surface area (Å²) < 4.78 is 6.97. The first kappa shape index (κ1) is 12.8. The van der Waals surface area contributed by atoms with Crippen LogP contribution < -0.4 is 0 Å². The van der Waals surface area contributed by atoms with E-state index in [0.717, 1.165) is 0 Å². The Morgan fingerprint density at radius 2 is 2.00 bits per heavy atom. The zero-order valence-corrected chi connectivity index (χ0v) is 10.6. The lowest BCUT2D eigenvalue weighted by atomic mass is 10.1. The van der Waals surface area contributed by atoms with Crippen LogP contribution in [0.2, 0.25) is 5.28 Å². The number of aliphatic hydroxyl groups is 3. The topological polar surface area (TPSA) is 87.7 Å². The van der Waals surface area contributed by atoms with Crippen LogP contribution in [0.3, 0.4) is 0 Å². The molecule has 2 aromatic rings. The van der Waals surface area contributed by atoms with Crippen molar-refractivity contribution >= 4 is 22.6 Å². The Balaban J connectivity index is 2.07. The van der Waals surface area contributed by atoms with E-state index in [0.29, 0.717) is 11.0 Å². The second-order valence-corrected chi connectivity index (χ2v) is 4.81. The van der Waals surface area contributed by atoms with Crippen molar-refractivity contribution in [2.45, 2.75) is 24.5 Å². The predicted octanol–water partition coefficient (Wildman–Crippen LogP) is 0.301. The van der Waals surface area contributed by atoms with E-state index in [-0.39, 0.29) is 11.9 Å². The van der Waals surface area contributed by atoms with Gasteiger partial charge in [0.25, 0.3) is 0 Å². The molecule has 4 unspecified atom stereocenters. The summed E-state index contributed by atoms with van der Waals surface area (Å²) >= 11 is 6.07. The van der Waals surface area contributed by atoms with Crippen LogP contribution in [-0.4, -0.2) is 49.8 Å². The fraction of sp³-hybridized carbons (Fsp3) is 0.417. The molecule has 0 bridgehead atoms. The molecule has 1 aliphatic rings. The molecule has 0 aliphatic carbocycles. The Hall–Kier alpha value is -1.18. The average molecular weight is 285 g/mol. The van der Waals surface area contributed by atoms with Gasteiger partial charge in [-0.1, -0.05) is 12.1 Å². The van der Waals surface area contributed by atoms with Gasteiger partial charge in [0.2, 0.25) is 5.28 Å². The maximum atomic E-state index is 10.0. The molecule has 0 amide bonds. The second-order valence-electron chi connectivity index (χ2n) is 4.47. The van der Waals surface area contributed by atoms with E-state index in [9.17, 15) is 10.2 Å². The molecule has 1 aromatic carbocycles. The minimum Gasteiger partial charge on any atom is -0.394 e. The average Bonchev–Trinajstić information content (AvgIpc) is 2.88. The number of ether oxygens (including phenoxy) is 1. The van der Waals surface area contributed by atoms with E-state index in [1.54, 1.807) is 12.1 Å². The van der Waals surface area contributed by atoms with Gasteiger partial charge >= 0.3 is 0 Å². The quantitative estimate of drug-likeness (QED) is 0.738. The number of benzene rings is 1. The highest BCUT2D eigenvalue weighted by Gasteiger charge is 2.44. The second kappa shape index (κ2) is 4.73. The van der Waals surface area contributed by atoms with Gasteiger partial charge in [-0.2, -0.15) is 0 Å². The lowest BCUT2D eigenvalue weighted by molar-refractivity contribution is -0.0507.